The van der Waals surface area contributed by atoms with Gasteiger partial charge in [-0.15, -0.1) is 0 Å². The number of halogens is 3. The number of aromatic nitrogens is 1. The number of thiazole rings is 1. The van der Waals surface area contributed by atoms with Crippen molar-refractivity contribution in [1.82, 2.24) is 9.47 Å². The number of carboxylic acid groups (broad SMARTS) is 1. The molecule has 1 N–H and O–H groups in total. The minimum absolute atomic E-state index is 0.0126. The number of aryl methyl sites for hydroxylation is 1. The van der Waals surface area contributed by atoms with E-state index in [0.29, 0.717) is 32.5 Å². The average molecular weight is 401 g/mol. The van der Waals surface area contributed by atoms with Gasteiger partial charge in [-0.3, -0.25) is 4.79 Å². The van der Waals surface area contributed by atoms with Gasteiger partial charge in [0, 0.05) is 19.6 Å². The van der Waals surface area contributed by atoms with Gasteiger partial charge in [-0.1, -0.05) is 17.4 Å². The molecular weight excluding hydrogens is 383 g/mol. The quantitative estimate of drug-likeness (QED) is 0.838. The van der Waals surface area contributed by atoms with Gasteiger partial charge in [-0.05, 0) is 43.4 Å². The van der Waals surface area contributed by atoms with Crippen LogP contribution in [0, 0.1) is 12.8 Å². The normalized spacial score (nSPS) is 16.9. The third-order valence-corrected chi connectivity index (χ3v) is 5.64. The molecule has 1 aliphatic heterocycles. The van der Waals surface area contributed by atoms with E-state index in [9.17, 15) is 22.8 Å². The number of rotatable bonds is 2. The lowest BCUT2D eigenvalue weighted by Crippen LogP contribution is -2.39. The highest BCUT2D eigenvalue weighted by Gasteiger charge is 2.38. The predicted molar refractivity (Wildman–Crippen MR) is 93.5 cm³/mol. The van der Waals surface area contributed by atoms with Crippen LogP contribution in [0.4, 0.5) is 18.0 Å². The number of alkyl halides is 3. The fraction of sp³-hybridized carbons (Fsp3) is 0.471. The molecule has 0 unspecified atom stereocenters. The van der Waals surface area contributed by atoms with Crippen molar-refractivity contribution in [2.24, 2.45) is 10.9 Å². The van der Waals surface area contributed by atoms with Gasteiger partial charge >= 0.3 is 18.2 Å². The maximum absolute atomic E-state index is 12.7. The molecule has 10 heteroatoms. The molecule has 1 aromatic heterocycles. The Bertz CT molecular complexity index is 940. The van der Waals surface area contributed by atoms with Gasteiger partial charge in [-0.2, -0.15) is 18.2 Å². The number of carbonyl (C=O) groups is 2. The van der Waals surface area contributed by atoms with Crippen molar-refractivity contribution in [1.29, 1.82) is 0 Å². The van der Waals surface area contributed by atoms with Crippen molar-refractivity contribution < 1.29 is 27.9 Å². The second-order valence-electron chi connectivity index (χ2n) is 6.59. The molecule has 146 valence electrons. The first kappa shape index (κ1) is 19.4. The van der Waals surface area contributed by atoms with Crippen LogP contribution in [-0.4, -0.2) is 45.8 Å². The molecule has 1 aromatic carbocycles. The van der Waals surface area contributed by atoms with Gasteiger partial charge in [0.15, 0.2) is 4.80 Å². The van der Waals surface area contributed by atoms with Gasteiger partial charge in [0.2, 0.25) is 0 Å². The first-order chi connectivity index (χ1) is 12.6. The van der Waals surface area contributed by atoms with E-state index in [2.05, 4.69) is 4.99 Å². The molecule has 1 aliphatic rings. The van der Waals surface area contributed by atoms with Gasteiger partial charge in [0.1, 0.15) is 0 Å². The average Bonchev–Trinajstić information content (AvgIpc) is 2.91. The number of hydrogen-bond donors (Lipinski definition) is 1. The molecule has 6 nitrogen and oxygen atoms in total. The predicted octanol–water partition coefficient (Wildman–Crippen LogP) is 3.39. The summed E-state index contributed by atoms with van der Waals surface area (Å²) in [7, 11) is 0. The van der Waals surface area contributed by atoms with E-state index in [1.807, 2.05) is 25.1 Å². The molecule has 1 saturated heterocycles. The van der Waals surface area contributed by atoms with Crippen LogP contribution < -0.4 is 4.80 Å². The van der Waals surface area contributed by atoms with Gasteiger partial charge in [0.25, 0.3) is 0 Å². The number of benzene rings is 1. The van der Waals surface area contributed by atoms with E-state index < -0.39 is 18.2 Å². The Morgan fingerprint density at radius 1 is 1.30 bits per heavy atom. The fourth-order valence-corrected chi connectivity index (χ4v) is 4.29. The zero-order valence-electron chi connectivity index (χ0n) is 14.5. The third kappa shape index (κ3) is 4.32. The summed E-state index contributed by atoms with van der Waals surface area (Å²) in [6.45, 7) is 3.04. The zero-order valence-corrected chi connectivity index (χ0v) is 15.3. The van der Waals surface area contributed by atoms with Crippen LogP contribution in [-0.2, 0) is 11.3 Å². The smallest absolute Gasteiger partial charge is 0.465 e. The number of nitrogens with zero attached hydrogens (tertiary/aromatic N) is 3. The van der Waals surface area contributed by atoms with Crippen molar-refractivity contribution >= 4 is 33.6 Å². The van der Waals surface area contributed by atoms with E-state index in [1.165, 1.54) is 4.90 Å². The number of amides is 2. The molecule has 3 rings (SSSR count). The first-order valence-corrected chi connectivity index (χ1v) is 9.20. The summed E-state index contributed by atoms with van der Waals surface area (Å²) < 4.78 is 40.4. The largest absolute Gasteiger partial charge is 0.473 e. The number of hydrogen-bond acceptors (Lipinski definition) is 3. The maximum Gasteiger partial charge on any atom is 0.473 e. The second-order valence-corrected chi connectivity index (χ2v) is 7.60. The Morgan fingerprint density at radius 3 is 2.56 bits per heavy atom. The SMILES string of the molecule is Cc1ccc2c(c1)s/c(=N/C(=O)C(F)(F)F)n2CC1CCN(C(=O)O)CC1. The standard InChI is InChI=1S/C17H18F3N3O3S/c1-10-2-3-12-13(8-10)27-15(21-14(24)17(18,19)20)23(12)9-11-4-6-22(7-5-11)16(25)26/h2-3,8,11H,4-7,9H2,1H3,(H,25,26)/b21-15+. The molecule has 1 fully saturated rings. The van der Waals surface area contributed by atoms with E-state index in [0.717, 1.165) is 27.1 Å². The molecule has 0 aliphatic carbocycles. The Kier molecular flexibility index (Phi) is 5.27. The van der Waals surface area contributed by atoms with Crippen molar-refractivity contribution in [3.8, 4) is 0 Å². The summed E-state index contributed by atoms with van der Waals surface area (Å²) in [5.41, 5.74) is 1.68. The molecule has 0 bridgehead atoms. The minimum Gasteiger partial charge on any atom is -0.465 e. The molecule has 0 saturated carbocycles. The van der Waals surface area contributed by atoms with Crippen LogP contribution in [0.1, 0.15) is 18.4 Å². The van der Waals surface area contributed by atoms with Crippen molar-refractivity contribution in [2.45, 2.75) is 32.5 Å². The van der Waals surface area contributed by atoms with Crippen LogP contribution in [0.5, 0.6) is 0 Å². The van der Waals surface area contributed by atoms with Crippen LogP contribution in [0.15, 0.2) is 23.2 Å². The Balaban J connectivity index is 1.95. The number of fused-ring (bicyclic) bond motifs is 1. The van der Waals surface area contributed by atoms with E-state index in [1.54, 1.807) is 4.57 Å². The monoisotopic (exact) mass is 401 g/mol. The summed E-state index contributed by atoms with van der Waals surface area (Å²) in [6, 6.07) is 5.51. The lowest BCUT2D eigenvalue weighted by atomic mass is 9.97. The zero-order chi connectivity index (χ0) is 19.8. The van der Waals surface area contributed by atoms with Crippen molar-refractivity contribution in [3.63, 3.8) is 0 Å². The summed E-state index contributed by atoms with van der Waals surface area (Å²) in [4.78, 5) is 27.0. The fourth-order valence-electron chi connectivity index (χ4n) is 3.16. The Labute approximate surface area is 156 Å². The highest BCUT2D eigenvalue weighted by molar-refractivity contribution is 7.16. The molecular formula is C17H18F3N3O3S. The minimum atomic E-state index is -5.02. The second kappa shape index (κ2) is 7.34. The molecule has 2 aromatic rings. The lowest BCUT2D eigenvalue weighted by Gasteiger charge is -2.30. The number of likely N-dealkylation sites (tertiary alicyclic amines) is 1. The number of carbonyl (C=O) groups excluding carboxylic acids is 1. The van der Waals surface area contributed by atoms with Crippen LogP contribution in [0.2, 0.25) is 0 Å². The topological polar surface area (TPSA) is 74.9 Å². The highest BCUT2D eigenvalue weighted by Crippen LogP contribution is 2.24. The molecule has 0 spiro atoms. The van der Waals surface area contributed by atoms with Crippen LogP contribution in [0.25, 0.3) is 10.2 Å². The van der Waals surface area contributed by atoms with E-state index in [-0.39, 0.29) is 10.7 Å². The molecule has 0 radical (unpaired) electrons. The molecule has 0 atom stereocenters. The molecule has 2 amide bonds. The van der Waals surface area contributed by atoms with Gasteiger partial charge < -0.3 is 14.6 Å². The Hall–Kier alpha value is -2.36. The summed E-state index contributed by atoms with van der Waals surface area (Å²) >= 11 is 1.05. The lowest BCUT2D eigenvalue weighted by molar-refractivity contribution is -0.169. The molecule has 27 heavy (non-hydrogen) atoms. The van der Waals surface area contributed by atoms with E-state index >= 15 is 0 Å². The maximum atomic E-state index is 12.7. The summed E-state index contributed by atoms with van der Waals surface area (Å²) in [6.07, 6.45) is -4.77. The third-order valence-electron chi connectivity index (χ3n) is 4.60. The van der Waals surface area contributed by atoms with Crippen molar-refractivity contribution in [2.75, 3.05) is 13.1 Å². The van der Waals surface area contributed by atoms with Crippen LogP contribution in [0.3, 0.4) is 0 Å². The van der Waals surface area contributed by atoms with Gasteiger partial charge in [0.05, 0.1) is 10.2 Å². The molecule has 2 heterocycles. The summed E-state index contributed by atoms with van der Waals surface area (Å²) in [5, 5.41) is 9.03. The first-order valence-electron chi connectivity index (χ1n) is 8.39. The summed E-state index contributed by atoms with van der Waals surface area (Å²) in [5.74, 6) is -2.03. The van der Waals surface area contributed by atoms with Crippen molar-refractivity contribution in [3.05, 3.63) is 28.6 Å². The highest BCUT2D eigenvalue weighted by atomic mass is 32.1. The van der Waals surface area contributed by atoms with Gasteiger partial charge in [-0.25, -0.2) is 4.79 Å². The Morgan fingerprint density at radius 2 is 1.96 bits per heavy atom. The van der Waals surface area contributed by atoms with E-state index in [4.69, 9.17) is 5.11 Å². The van der Waals surface area contributed by atoms with Crippen LogP contribution >= 0.6 is 11.3 Å². The number of piperidine rings is 1.